The lowest BCUT2D eigenvalue weighted by molar-refractivity contribution is -0.121. The summed E-state index contributed by atoms with van der Waals surface area (Å²) >= 11 is 13.0. The second-order valence-corrected chi connectivity index (χ2v) is 7.78. The zero-order valence-electron chi connectivity index (χ0n) is 14.3. The van der Waals surface area contributed by atoms with Crippen LogP contribution in [-0.4, -0.2) is 33.6 Å². The SMILES string of the molecule is NC(=N/N=C\c1ccccc1O)S[C@H]1CC(=O)N(c2cc(Cl)ccc2Cl)C1=O. The number of halogens is 2. The molecule has 0 unspecified atom stereocenters. The maximum atomic E-state index is 12.7. The maximum Gasteiger partial charge on any atom is 0.247 e. The number of hydrogen-bond donors (Lipinski definition) is 2. The zero-order valence-corrected chi connectivity index (χ0v) is 16.6. The number of nitrogens with two attached hydrogens (primary N) is 1. The van der Waals surface area contributed by atoms with Gasteiger partial charge in [0.05, 0.1) is 16.9 Å². The lowest BCUT2D eigenvalue weighted by atomic mass is 10.2. The molecule has 0 saturated carbocycles. The van der Waals surface area contributed by atoms with Gasteiger partial charge in [-0.1, -0.05) is 47.1 Å². The highest BCUT2D eigenvalue weighted by Crippen LogP contribution is 2.35. The topological polar surface area (TPSA) is 108 Å². The quantitative estimate of drug-likeness (QED) is 0.330. The first kappa shape index (κ1) is 20.2. The van der Waals surface area contributed by atoms with Crippen LogP contribution in [0, 0.1) is 0 Å². The van der Waals surface area contributed by atoms with Crippen molar-refractivity contribution in [2.24, 2.45) is 15.9 Å². The van der Waals surface area contributed by atoms with Gasteiger partial charge in [-0.3, -0.25) is 9.59 Å². The monoisotopic (exact) mass is 436 g/mol. The van der Waals surface area contributed by atoms with Crippen LogP contribution in [0.15, 0.2) is 52.7 Å². The number of amides is 2. The number of rotatable bonds is 4. The van der Waals surface area contributed by atoms with Crippen molar-refractivity contribution < 1.29 is 14.7 Å². The molecule has 2 aromatic rings. The number of carbonyl (C=O) groups is 2. The normalized spacial score (nSPS) is 17.7. The molecule has 7 nitrogen and oxygen atoms in total. The summed E-state index contributed by atoms with van der Waals surface area (Å²) < 4.78 is 0. The summed E-state index contributed by atoms with van der Waals surface area (Å²) in [5.41, 5.74) is 6.52. The third-order valence-electron chi connectivity index (χ3n) is 3.81. The molecule has 2 aromatic carbocycles. The molecule has 1 atom stereocenters. The average Bonchev–Trinajstić information content (AvgIpc) is 2.92. The Kier molecular flexibility index (Phi) is 6.23. The first-order valence-electron chi connectivity index (χ1n) is 8.00. The van der Waals surface area contributed by atoms with Crippen LogP contribution >= 0.6 is 35.0 Å². The molecule has 0 radical (unpaired) electrons. The Morgan fingerprint density at radius 1 is 1.25 bits per heavy atom. The van der Waals surface area contributed by atoms with E-state index in [0.29, 0.717) is 10.6 Å². The Labute approximate surface area is 174 Å². The van der Waals surface area contributed by atoms with E-state index in [9.17, 15) is 14.7 Å². The van der Waals surface area contributed by atoms with Gasteiger partial charge in [0, 0.05) is 17.0 Å². The lowest BCUT2D eigenvalue weighted by Gasteiger charge is -2.16. The summed E-state index contributed by atoms with van der Waals surface area (Å²) in [6.07, 6.45) is 1.29. The van der Waals surface area contributed by atoms with Crippen molar-refractivity contribution in [2.45, 2.75) is 11.7 Å². The lowest BCUT2D eigenvalue weighted by Crippen LogP contribution is -2.32. The molecule has 3 N–H and O–H groups in total. The van der Waals surface area contributed by atoms with Crippen molar-refractivity contribution in [1.29, 1.82) is 0 Å². The molecule has 0 aromatic heterocycles. The van der Waals surface area contributed by atoms with Gasteiger partial charge in [0.15, 0.2) is 5.17 Å². The van der Waals surface area contributed by atoms with Crippen LogP contribution in [0.1, 0.15) is 12.0 Å². The van der Waals surface area contributed by atoms with E-state index < -0.39 is 17.1 Å². The Morgan fingerprint density at radius 3 is 2.75 bits per heavy atom. The number of hydrogen-bond acceptors (Lipinski definition) is 6. The van der Waals surface area contributed by atoms with Gasteiger partial charge < -0.3 is 10.8 Å². The fourth-order valence-corrected chi connectivity index (χ4v) is 3.71. The molecule has 0 aliphatic carbocycles. The molecule has 1 aliphatic rings. The fraction of sp³-hybridized carbons (Fsp3) is 0.111. The standard InChI is InChI=1S/C18H14Cl2N4O3S/c19-11-5-6-12(20)13(7-11)24-16(26)8-15(17(24)27)28-18(21)23-22-9-10-3-1-2-4-14(10)25/h1-7,9,15,25H,8H2,(H2,21,23)/b22-9-/t15-/m0/s1. The molecule has 2 amide bonds. The second kappa shape index (κ2) is 8.64. The molecule has 1 fully saturated rings. The predicted molar refractivity (Wildman–Crippen MR) is 112 cm³/mol. The van der Waals surface area contributed by atoms with Gasteiger partial charge in [0.1, 0.15) is 11.0 Å². The van der Waals surface area contributed by atoms with Gasteiger partial charge in [0.25, 0.3) is 0 Å². The van der Waals surface area contributed by atoms with Crippen LogP contribution in [0.2, 0.25) is 10.0 Å². The molecule has 1 aliphatic heterocycles. The molecule has 28 heavy (non-hydrogen) atoms. The van der Waals surface area contributed by atoms with E-state index in [1.165, 1.54) is 24.4 Å². The Morgan fingerprint density at radius 2 is 2.00 bits per heavy atom. The minimum atomic E-state index is -0.744. The Bertz CT molecular complexity index is 997. The van der Waals surface area contributed by atoms with Gasteiger partial charge >= 0.3 is 0 Å². The number of carbonyl (C=O) groups excluding carboxylic acids is 2. The number of amidine groups is 1. The minimum Gasteiger partial charge on any atom is -0.507 e. The van der Waals surface area contributed by atoms with Crippen molar-refractivity contribution in [3.05, 3.63) is 58.1 Å². The summed E-state index contributed by atoms with van der Waals surface area (Å²) in [6.45, 7) is 0. The zero-order chi connectivity index (χ0) is 20.3. The number of imide groups is 1. The molecule has 144 valence electrons. The number of thioether (sulfide) groups is 1. The van der Waals surface area contributed by atoms with Crippen molar-refractivity contribution >= 4 is 63.8 Å². The van der Waals surface area contributed by atoms with E-state index in [1.54, 1.807) is 24.3 Å². The second-order valence-electron chi connectivity index (χ2n) is 5.72. The minimum absolute atomic E-state index is 0.0110. The van der Waals surface area contributed by atoms with Gasteiger partial charge in [-0.25, -0.2) is 4.90 Å². The number of phenolic OH excluding ortho intramolecular Hbond substituents is 1. The molecular weight excluding hydrogens is 423 g/mol. The number of anilines is 1. The number of nitrogens with zero attached hydrogens (tertiary/aromatic N) is 3. The van der Waals surface area contributed by atoms with Crippen LogP contribution in [0.4, 0.5) is 5.69 Å². The fourth-order valence-electron chi connectivity index (χ4n) is 2.52. The third-order valence-corrected chi connectivity index (χ3v) is 5.34. The van der Waals surface area contributed by atoms with Crippen LogP contribution < -0.4 is 10.6 Å². The highest BCUT2D eigenvalue weighted by atomic mass is 35.5. The third kappa shape index (κ3) is 4.46. The molecule has 1 heterocycles. The van der Waals surface area contributed by atoms with Crippen molar-refractivity contribution in [3.8, 4) is 5.75 Å². The highest BCUT2D eigenvalue weighted by molar-refractivity contribution is 8.14. The summed E-state index contributed by atoms with van der Waals surface area (Å²) in [5, 5.41) is 17.1. The van der Waals surface area contributed by atoms with Crippen LogP contribution in [-0.2, 0) is 9.59 Å². The molecule has 3 rings (SSSR count). The summed E-state index contributed by atoms with van der Waals surface area (Å²) in [5.74, 6) is -0.808. The van der Waals surface area contributed by atoms with Gasteiger partial charge in [-0.05, 0) is 30.3 Å². The summed E-state index contributed by atoms with van der Waals surface area (Å²) in [6, 6.07) is 11.1. The molecule has 1 saturated heterocycles. The van der Waals surface area contributed by atoms with E-state index in [0.717, 1.165) is 16.7 Å². The Hall–Kier alpha value is -2.55. The number of para-hydroxylation sites is 1. The van der Waals surface area contributed by atoms with Crippen molar-refractivity contribution in [3.63, 3.8) is 0 Å². The van der Waals surface area contributed by atoms with E-state index in [4.69, 9.17) is 28.9 Å². The molecule has 10 heteroatoms. The summed E-state index contributed by atoms with van der Waals surface area (Å²) in [4.78, 5) is 26.0. The van der Waals surface area contributed by atoms with E-state index in [2.05, 4.69) is 10.2 Å². The highest BCUT2D eigenvalue weighted by Gasteiger charge is 2.41. The molecular formula is C18H14Cl2N4O3S. The number of aromatic hydroxyl groups is 1. The van der Waals surface area contributed by atoms with Gasteiger partial charge in [0.2, 0.25) is 11.8 Å². The molecule has 0 spiro atoms. The van der Waals surface area contributed by atoms with Crippen LogP contribution in [0.25, 0.3) is 0 Å². The maximum absolute atomic E-state index is 12.7. The van der Waals surface area contributed by atoms with Crippen molar-refractivity contribution in [1.82, 2.24) is 0 Å². The average molecular weight is 437 g/mol. The molecule has 0 bridgehead atoms. The van der Waals surface area contributed by atoms with Crippen LogP contribution in [0.3, 0.4) is 0 Å². The smallest absolute Gasteiger partial charge is 0.247 e. The van der Waals surface area contributed by atoms with E-state index in [1.807, 2.05) is 0 Å². The van der Waals surface area contributed by atoms with E-state index >= 15 is 0 Å². The number of benzene rings is 2. The first-order chi connectivity index (χ1) is 13.4. The van der Waals surface area contributed by atoms with Crippen molar-refractivity contribution in [2.75, 3.05) is 4.90 Å². The van der Waals surface area contributed by atoms with Gasteiger partial charge in [-0.2, -0.15) is 5.10 Å². The predicted octanol–water partition coefficient (Wildman–Crippen LogP) is 3.41. The largest absolute Gasteiger partial charge is 0.507 e. The van der Waals surface area contributed by atoms with Gasteiger partial charge in [-0.15, -0.1) is 5.10 Å². The first-order valence-corrected chi connectivity index (χ1v) is 9.63. The Balaban J connectivity index is 1.71. The van der Waals surface area contributed by atoms with E-state index in [-0.39, 0.29) is 28.0 Å². The van der Waals surface area contributed by atoms with Crippen LogP contribution in [0.5, 0.6) is 5.75 Å². The summed E-state index contributed by atoms with van der Waals surface area (Å²) in [7, 11) is 0. The number of phenols is 1.